The van der Waals surface area contributed by atoms with E-state index in [1.165, 1.54) is 4.90 Å². The Morgan fingerprint density at radius 2 is 1.76 bits per heavy atom. The summed E-state index contributed by atoms with van der Waals surface area (Å²) < 4.78 is 5.40. The minimum atomic E-state index is -0.277. The topological polar surface area (TPSA) is 72.6 Å². The van der Waals surface area contributed by atoms with E-state index < -0.39 is 0 Å². The number of hydrogen-bond donors (Lipinski definition) is 1. The maximum atomic E-state index is 12.5. The standard InChI is InChI=1S/C19H18N2O3S/c1-2-24-16-9-5-13(6-10-16)11-17-18(22)21(19(23)25-17)12-14-3-7-15(20)8-4-14/h3-11H,2,12,20H2,1H3/b17-11-. The van der Waals surface area contributed by atoms with Crippen molar-refractivity contribution in [3.05, 3.63) is 64.6 Å². The average molecular weight is 354 g/mol. The summed E-state index contributed by atoms with van der Waals surface area (Å²) in [6.45, 7) is 2.76. The van der Waals surface area contributed by atoms with Gasteiger partial charge in [0, 0.05) is 5.69 Å². The molecule has 5 nitrogen and oxygen atoms in total. The molecule has 2 N–H and O–H groups in total. The van der Waals surface area contributed by atoms with Gasteiger partial charge in [0.2, 0.25) is 0 Å². The molecular formula is C19H18N2O3S. The maximum absolute atomic E-state index is 12.5. The van der Waals surface area contributed by atoms with Crippen LogP contribution in [-0.4, -0.2) is 22.7 Å². The maximum Gasteiger partial charge on any atom is 0.293 e. The first-order valence-corrected chi connectivity index (χ1v) is 8.71. The molecule has 2 aromatic carbocycles. The van der Waals surface area contributed by atoms with Crippen molar-refractivity contribution in [1.29, 1.82) is 0 Å². The minimum absolute atomic E-state index is 0.242. The Kier molecular flexibility index (Phi) is 5.09. The number of anilines is 1. The highest BCUT2D eigenvalue weighted by Crippen LogP contribution is 2.33. The van der Waals surface area contributed by atoms with Crippen LogP contribution in [0, 0.1) is 0 Å². The normalized spacial score (nSPS) is 15.9. The molecule has 1 saturated heterocycles. The third-order valence-electron chi connectivity index (χ3n) is 3.68. The highest BCUT2D eigenvalue weighted by Gasteiger charge is 2.34. The molecule has 1 aliphatic heterocycles. The molecule has 0 unspecified atom stereocenters. The minimum Gasteiger partial charge on any atom is -0.494 e. The Balaban J connectivity index is 1.74. The summed E-state index contributed by atoms with van der Waals surface area (Å²) >= 11 is 0.956. The first-order valence-electron chi connectivity index (χ1n) is 7.89. The highest BCUT2D eigenvalue weighted by molar-refractivity contribution is 8.18. The molecule has 2 amide bonds. The summed E-state index contributed by atoms with van der Waals surface area (Å²) in [5, 5.41) is -0.265. The number of amides is 2. The molecule has 0 aromatic heterocycles. The average Bonchev–Trinajstić information content (AvgIpc) is 2.86. The lowest BCUT2D eigenvalue weighted by atomic mass is 10.2. The Morgan fingerprint density at radius 1 is 1.08 bits per heavy atom. The van der Waals surface area contributed by atoms with Crippen LogP contribution in [0.1, 0.15) is 18.1 Å². The van der Waals surface area contributed by atoms with Crippen LogP contribution in [0.2, 0.25) is 0 Å². The lowest BCUT2D eigenvalue weighted by Crippen LogP contribution is -2.27. The Bertz CT molecular complexity index is 814. The third kappa shape index (κ3) is 4.03. The first kappa shape index (κ1) is 17.1. The number of ether oxygens (including phenoxy) is 1. The summed E-state index contributed by atoms with van der Waals surface area (Å²) in [7, 11) is 0. The number of hydrogen-bond acceptors (Lipinski definition) is 5. The van der Waals surface area contributed by atoms with Crippen LogP contribution in [-0.2, 0) is 11.3 Å². The fourth-order valence-electron chi connectivity index (χ4n) is 2.42. The van der Waals surface area contributed by atoms with E-state index in [1.807, 2.05) is 43.3 Å². The van der Waals surface area contributed by atoms with Gasteiger partial charge in [-0.15, -0.1) is 0 Å². The number of benzene rings is 2. The van der Waals surface area contributed by atoms with Crippen LogP contribution < -0.4 is 10.5 Å². The van der Waals surface area contributed by atoms with E-state index in [0.717, 1.165) is 28.6 Å². The number of carbonyl (C=O) groups is 2. The molecule has 25 heavy (non-hydrogen) atoms. The summed E-state index contributed by atoms with van der Waals surface area (Å²) in [5.74, 6) is 0.497. The van der Waals surface area contributed by atoms with Crippen LogP contribution in [0.15, 0.2) is 53.4 Å². The van der Waals surface area contributed by atoms with Gasteiger partial charge in [-0.2, -0.15) is 0 Å². The number of nitrogens with zero attached hydrogens (tertiary/aromatic N) is 1. The lowest BCUT2D eigenvalue weighted by molar-refractivity contribution is -0.123. The third-order valence-corrected chi connectivity index (χ3v) is 4.59. The number of nitrogen functional groups attached to an aromatic ring is 1. The Labute approximate surface area is 150 Å². The number of carbonyl (C=O) groups excluding carboxylic acids is 2. The molecule has 1 heterocycles. The highest BCUT2D eigenvalue weighted by atomic mass is 32.2. The van der Waals surface area contributed by atoms with E-state index in [-0.39, 0.29) is 17.7 Å². The second kappa shape index (κ2) is 7.44. The van der Waals surface area contributed by atoms with E-state index in [1.54, 1.807) is 18.2 Å². The molecule has 0 bridgehead atoms. The lowest BCUT2D eigenvalue weighted by Gasteiger charge is -2.12. The van der Waals surface area contributed by atoms with Crippen molar-refractivity contribution in [2.45, 2.75) is 13.5 Å². The SMILES string of the molecule is CCOc1ccc(/C=C2\SC(=O)N(Cc3ccc(N)cc3)C2=O)cc1. The van der Waals surface area contributed by atoms with Crippen LogP contribution in [0.4, 0.5) is 10.5 Å². The second-order valence-electron chi connectivity index (χ2n) is 5.51. The molecule has 0 spiro atoms. The second-order valence-corrected chi connectivity index (χ2v) is 6.50. The molecule has 1 aliphatic rings. The van der Waals surface area contributed by atoms with Gasteiger partial charge in [0.1, 0.15) is 5.75 Å². The van der Waals surface area contributed by atoms with Crippen molar-refractivity contribution in [2.24, 2.45) is 0 Å². The van der Waals surface area contributed by atoms with Gasteiger partial charge in [-0.05, 0) is 60.2 Å². The van der Waals surface area contributed by atoms with Crippen LogP contribution in [0.5, 0.6) is 5.75 Å². The quantitative estimate of drug-likeness (QED) is 0.651. The van der Waals surface area contributed by atoms with Crippen molar-refractivity contribution in [2.75, 3.05) is 12.3 Å². The zero-order valence-corrected chi connectivity index (χ0v) is 14.6. The van der Waals surface area contributed by atoms with Gasteiger partial charge >= 0.3 is 0 Å². The molecule has 128 valence electrons. The fraction of sp³-hybridized carbons (Fsp3) is 0.158. The molecular weight excluding hydrogens is 336 g/mol. The molecule has 0 aliphatic carbocycles. The molecule has 6 heteroatoms. The smallest absolute Gasteiger partial charge is 0.293 e. The van der Waals surface area contributed by atoms with Gasteiger partial charge in [0.05, 0.1) is 18.1 Å². The van der Waals surface area contributed by atoms with Crippen LogP contribution >= 0.6 is 11.8 Å². The van der Waals surface area contributed by atoms with E-state index in [2.05, 4.69) is 0 Å². The van der Waals surface area contributed by atoms with Crippen molar-refractivity contribution in [3.63, 3.8) is 0 Å². The number of imide groups is 1. The predicted molar refractivity (Wildman–Crippen MR) is 100.0 cm³/mol. The molecule has 1 fully saturated rings. The van der Waals surface area contributed by atoms with Crippen molar-refractivity contribution in [3.8, 4) is 5.75 Å². The largest absolute Gasteiger partial charge is 0.494 e. The zero-order chi connectivity index (χ0) is 17.8. The van der Waals surface area contributed by atoms with Gasteiger partial charge in [-0.3, -0.25) is 14.5 Å². The van der Waals surface area contributed by atoms with E-state index in [0.29, 0.717) is 17.2 Å². The fourth-order valence-corrected chi connectivity index (χ4v) is 3.26. The van der Waals surface area contributed by atoms with Crippen molar-refractivity contribution in [1.82, 2.24) is 4.90 Å². The summed E-state index contributed by atoms with van der Waals surface area (Å²) in [6.07, 6.45) is 1.73. The van der Waals surface area contributed by atoms with Gasteiger partial charge in [-0.25, -0.2) is 0 Å². The van der Waals surface area contributed by atoms with E-state index in [4.69, 9.17) is 10.5 Å². The van der Waals surface area contributed by atoms with E-state index in [9.17, 15) is 9.59 Å². The van der Waals surface area contributed by atoms with Crippen LogP contribution in [0.25, 0.3) is 6.08 Å². The first-order chi connectivity index (χ1) is 12.1. The van der Waals surface area contributed by atoms with Crippen molar-refractivity contribution >= 4 is 34.7 Å². The van der Waals surface area contributed by atoms with Gasteiger partial charge in [0.25, 0.3) is 11.1 Å². The predicted octanol–water partition coefficient (Wildman–Crippen LogP) is 3.90. The monoisotopic (exact) mass is 354 g/mol. The van der Waals surface area contributed by atoms with Gasteiger partial charge in [0.15, 0.2) is 0 Å². The number of nitrogens with two attached hydrogens (primary N) is 1. The molecule has 0 radical (unpaired) electrons. The zero-order valence-electron chi connectivity index (χ0n) is 13.8. The Hall–Kier alpha value is -2.73. The van der Waals surface area contributed by atoms with Gasteiger partial charge in [-0.1, -0.05) is 24.3 Å². The molecule has 0 atom stereocenters. The van der Waals surface area contributed by atoms with Crippen LogP contribution in [0.3, 0.4) is 0 Å². The van der Waals surface area contributed by atoms with Gasteiger partial charge < -0.3 is 10.5 Å². The van der Waals surface area contributed by atoms with Crippen molar-refractivity contribution < 1.29 is 14.3 Å². The number of rotatable bonds is 5. The summed E-state index contributed by atoms with van der Waals surface area (Å²) in [5.41, 5.74) is 8.01. The molecule has 3 rings (SSSR count). The summed E-state index contributed by atoms with van der Waals surface area (Å²) in [4.78, 5) is 26.4. The summed E-state index contributed by atoms with van der Waals surface area (Å²) in [6, 6.07) is 14.5. The van der Waals surface area contributed by atoms with E-state index >= 15 is 0 Å². The molecule has 0 saturated carbocycles. The molecule has 2 aromatic rings. The Morgan fingerprint density at radius 3 is 2.40 bits per heavy atom. The number of thioether (sulfide) groups is 1.